The second-order valence-electron chi connectivity index (χ2n) is 6.44. The van der Waals surface area contributed by atoms with Gasteiger partial charge < -0.3 is 14.6 Å². The minimum absolute atomic E-state index is 0.0719. The Morgan fingerprint density at radius 3 is 3.00 bits per heavy atom. The van der Waals surface area contributed by atoms with Crippen LogP contribution in [0.15, 0.2) is 36.5 Å². The number of benzene rings is 1. The molecule has 0 spiro atoms. The van der Waals surface area contributed by atoms with Crippen molar-refractivity contribution in [3.05, 3.63) is 53.3 Å². The Bertz CT molecular complexity index is 693. The van der Waals surface area contributed by atoms with Crippen molar-refractivity contribution in [1.29, 1.82) is 0 Å². The van der Waals surface area contributed by atoms with Crippen molar-refractivity contribution >= 4 is 5.91 Å². The summed E-state index contributed by atoms with van der Waals surface area (Å²) in [5.41, 5.74) is 3.92. The van der Waals surface area contributed by atoms with Crippen LogP contribution in [0.4, 0.5) is 0 Å². The van der Waals surface area contributed by atoms with E-state index in [1.165, 1.54) is 24.0 Å². The number of carbonyl (C=O) groups is 1. The number of hydrogen-bond donors (Lipinski definition) is 1. The Kier molecular flexibility index (Phi) is 3.82. The molecule has 1 N–H and O–H groups in total. The van der Waals surface area contributed by atoms with Gasteiger partial charge in [0.25, 0.3) is 5.91 Å². The van der Waals surface area contributed by atoms with E-state index in [1.54, 1.807) is 0 Å². The van der Waals surface area contributed by atoms with Crippen LogP contribution in [0.2, 0.25) is 0 Å². The predicted octanol–water partition coefficient (Wildman–Crippen LogP) is 3.25. The number of hydrogen-bond acceptors (Lipinski definition) is 2. The van der Waals surface area contributed by atoms with Gasteiger partial charge in [-0.25, -0.2) is 0 Å². The van der Waals surface area contributed by atoms with Gasteiger partial charge in [-0.15, -0.1) is 0 Å². The topological polar surface area (TPSA) is 45.3 Å². The fraction of sp³-hybridized carbons (Fsp3) is 0.421. The summed E-state index contributed by atoms with van der Waals surface area (Å²) in [5, 5.41) is 0. The number of likely N-dealkylation sites (tertiary alicyclic amines) is 1. The Morgan fingerprint density at radius 1 is 1.22 bits per heavy atom. The van der Waals surface area contributed by atoms with Gasteiger partial charge in [-0.1, -0.05) is 6.07 Å². The summed E-state index contributed by atoms with van der Waals surface area (Å²) in [6.07, 6.45) is 7.50. The predicted molar refractivity (Wildman–Crippen MR) is 88.4 cm³/mol. The Hall–Kier alpha value is -2.23. The van der Waals surface area contributed by atoms with Crippen LogP contribution in [-0.4, -0.2) is 28.9 Å². The van der Waals surface area contributed by atoms with E-state index in [4.69, 9.17) is 4.74 Å². The lowest BCUT2D eigenvalue weighted by Gasteiger charge is -2.24. The van der Waals surface area contributed by atoms with E-state index < -0.39 is 0 Å². The van der Waals surface area contributed by atoms with Crippen molar-refractivity contribution < 1.29 is 9.53 Å². The second-order valence-corrected chi connectivity index (χ2v) is 6.44. The number of rotatable bonds is 4. The fourth-order valence-corrected chi connectivity index (χ4v) is 3.81. The van der Waals surface area contributed by atoms with Crippen LogP contribution < -0.4 is 4.74 Å². The number of ether oxygens (including phenoxy) is 1. The van der Waals surface area contributed by atoms with Gasteiger partial charge in [-0.2, -0.15) is 0 Å². The molecule has 1 fully saturated rings. The first kappa shape index (κ1) is 14.4. The Morgan fingerprint density at radius 2 is 2.13 bits per heavy atom. The zero-order chi connectivity index (χ0) is 15.6. The van der Waals surface area contributed by atoms with Gasteiger partial charge in [-0.05, 0) is 67.5 Å². The number of nitrogens with zero attached hydrogens (tertiary/aromatic N) is 1. The van der Waals surface area contributed by atoms with Gasteiger partial charge in [0.2, 0.25) is 0 Å². The largest absolute Gasteiger partial charge is 0.484 e. The first-order chi connectivity index (χ1) is 11.3. The molecule has 4 nitrogen and oxygen atoms in total. The lowest BCUT2D eigenvalue weighted by molar-refractivity contribution is -0.134. The summed E-state index contributed by atoms with van der Waals surface area (Å²) in [4.78, 5) is 17.7. The Balaban J connectivity index is 1.40. The average molecular weight is 310 g/mol. The van der Waals surface area contributed by atoms with Crippen molar-refractivity contribution in [2.24, 2.45) is 0 Å². The van der Waals surface area contributed by atoms with Crippen LogP contribution in [0.1, 0.15) is 42.1 Å². The molecule has 2 heterocycles. The molecule has 0 saturated carbocycles. The molecule has 0 unspecified atom stereocenters. The zero-order valence-corrected chi connectivity index (χ0v) is 13.3. The molecule has 1 aliphatic heterocycles. The van der Waals surface area contributed by atoms with Crippen LogP contribution >= 0.6 is 0 Å². The van der Waals surface area contributed by atoms with E-state index in [-0.39, 0.29) is 18.6 Å². The number of carbonyl (C=O) groups excluding carboxylic acids is 1. The number of aromatic amines is 1. The SMILES string of the molecule is O=C(COc1ccc2c(c1)CCC2)N1CCC[C@H]1c1ccc[nH]1. The normalized spacial score (nSPS) is 19.8. The molecule has 2 aliphatic rings. The van der Waals surface area contributed by atoms with E-state index in [2.05, 4.69) is 23.2 Å². The van der Waals surface area contributed by atoms with Crippen LogP contribution in [-0.2, 0) is 17.6 Å². The van der Waals surface area contributed by atoms with Gasteiger partial charge in [0, 0.05) is 18.4 Å². The minimum Gasteiger partial charge on any atom is -0.484 e. The maximum absolute atomic E-state index is 12.5. The van der Waals surface area contributed by atoms with Gasteiger partial charge >= 0.3 is 0 Å². The first-order valence-electron chi connectivity index (χ1n) is 8.48. The number of aromatic nitrogens is 1. The third-order valence-corrected chi connectivity index (χ3v) is 4.99. The molecule has 1 aromatic heterocycles. The van der Waals surface area contributed by atoms with E-state index in [9.17, 15) is 4.79 Å². The summed E-state index contributed by atoms with van der Waals surface area (Å²) in [7, 11) is 0. The summed E-state index contributed by atoms with van der Waals surface area (Å²) in [6, 6.07) is 10.4. The highest BCUT2D eigenvalue weighted by Crippen LogP contribution is 2.31. The molecule has 1 saturated heterocycles. The molecule has 1 aromatic carbocycles. The number of amides is 1. The van der Waals surface area contributed by atoms with E-state index in [0.717, 1.165) is 37.3 Å². The first-order valence-corrected chi connectivity index (χ1v) is 8.48. The number of nitrogens with one attached hydrogen (secondary N) is 1. The Labute approximate surface area is 136 Å². The number of aryl methyl sites for hydroxylation is 2. The fourth-order valence-electron chi connectivity index (χ4n) is 3.81. The van der Waals surface area contributed by atoms with Gasteiger partial charge in [0.15, 0.2) is 6.61 Å². The van der Waals surface area contributed by atoms with Crippen molar-refractivity contribution in [2.45, 2.75) is 38.1 Å². The lowest BCUT2D eigenvalue weighted by Crippen LogP contribution is -2.34. The summed E-state index contributed by atoms with van der Waals surface area (Å²) in [6.45, 7) is 0.937. The zero-order valence-electron chi connectivity index (χ0n) is 13.3. The maximum atomic E-state index is 12.5. The highest BCUT2D eigenvalue weighted by atomic mass is 16.5. The van der Waals surface area contributed by atoms with Crippen LogP contribution in [0.3, 0.4) is 0 Å². The van der Waals surface area contributed by atoms with Gasteiger partial charge in [0.05, 0.1) is 6.04 Å². The standard InChI is InChI=1S/C19H22N2O2/c22-19(21-11-3-7-18(21)17-6-2-10-20-17)13-23-16-9-8-14-4-1-5-15(14)12-16/h2,6,8-10,12,18,20H,1,3-5,7,11,13H2/t18-/m0/s1. The van der Waals surface area contributed by atoms with Crippen molar-refractivity contribution in [3.63, 3.8) is 0 Å². The second kappa shape index (κ2) is 6.11. The highest BCUT2D eigenvalue weighted by Gasteiger charge is 2.30. The molecule has 23 heavy (non-hydrogen) atoms. The van der Waals surface area contributed by atoms with Crippen LogP contribution in [0, 0.1) is 0 Å². The maximum Gasteiger partial charge on any atom is 0.261 e. The molecule has 2 aromatic rings. The highest BCUT2D eigenvalue weighted by molar-refractivity contribution is 5.78. The summed E-state index contributed by atoms with van der Waals surface area (Å²) >= 11 is 0. The molecule has 120 valence electrons. The van der Waals surface area contributed by atoms with Crippen molar-refractivity contribution in [3.8, 4) is 5.75 Å². The summed E-state index contributed by atoms with van der Waals surface area (Å²) in [5.74, 6) is 0.886. The lowest BCUT2D eigenvalue weighted by atomic mass is 10.1. The van der Waals surface area contributed by atoms with E-state index in [0.29, 0.717) is 0 Å². The third-order valence-electron chi connectivity index (χ3n) is 4.99. The molecule has 1 amide bonds. The molecular formula is C19H22N2O2. The molecular weight excluding hydrogens is 288 g/mol. The molecule has 1 aliphatic carbocycles. The van der Waals surface area contributed by atoms with E-state index >= 15 is 0 Å². The van der Waals surface area contributed by atoms with Crippen molar-refractivity contribution in [2.75, 3.05) is 13.2 Å². The van der Waals surface area contributed by atoms with Crippen LogP contribution in [0.25, 0.3) is 0 Å². The molecule has 4 heteroatoms. The monoisotopic (exact) mass is 310 g/mol. The molecule has 4 rings (SSSR count). The van der Waals surface area contributed by atoms with Crippen molar-refractivity contribution in [1.82, 2.24) is 9.88 Å². The van der Waals surface area contributed by atoms with Gasteiger partial charge in [0.1, 0.15) is 5.75 Å². The third kappa shape index (κ3) is 2.85. The molecule has 0 radical (unpaired) electrons. The molecule has 0 bridgehead atoms. The summed E-state index contributed by atoms with van der Waals surface area (Å²) < 4.78 is 5.77. The smallest absolute Gasteiger partial charge is 0.261 e. The minimum atomic E-state index is 0.0719. The van der Waals surface area contributed by atoms with Crippen LogP contribution in [0.5, 0.6) is 5.75 Å². The number of fused-ring (bicyclic) bond motifs is 1. The molecule has 1 atom stereocenters. The van der Waals surface area contributed by atoms with E-state index in [1.807, 2.05) is 23.2 Å². The quantitative estimate of drug-likeness (QED) is 0.942. The van der Waals surface area contributed by atoms with Gasteiger partial charge in [-0.3, -0.25) is 4.79 Å². The number of H-pyrrole nitrogens is 1. The average Bonchev–Trinajstić information content (AvgIpc) is 3.32.